The van der Waals surface area contributed by atoms with Crippen molar-refractivity contribution in [3.8, 4) is 0 Å². The average Bonchev–Trinajstić information content (AvgIpc) is 2.45. The summed E-state index contributed by atoms with van der Waals surface area (Å²) in [5, 5.41) is 5.83. The number of amides is 1. The predicted molar refractivity (Wildman–Crippen MR) is 90.3 cm³/mol. The van der Waals surface area contributed by atoms with E-state index >= 15 is 0 Å². The van der Waals surface area contributed by atoms with Crippen LogP contribution in [0.15, 0.2) is 4.99 Å². The zero-order valence-corrected chi connectivity index (χ0v) is 14.7. The van der Waals surface area contributed by atoms with Crippen LogP contribution in [-0.2, 0) is 4.79 Å². The number of guanidine groups is 1. The number of likely N-dealkylation sites (tertiary alicyclic amines) is 1. The highest BCUT2D eigenvalue weighted by Gasteiger charge is 2.22. The molecule has 1 aliphatic heterocycles. The molecule has 0 radical (unpaired) electrons. The Bertz CT molecular complexity index is 307. The van der Waals surface area contributed by atoms with Crippen molar-refractivity contribution < 1.29 is 9.18 Å². The maximum atomic E-state index is 12.1. The number of carbonyl (C=O) groups excluding carboxylic acids is 1. The molecule has 1 aliphatic rings. The molecule has 0 aromatic carbocycles. The van der Waals surface area contributed by atoms with Gasteiger partial charge in [0.05, 0.1) is 6.67 Å². The van der Waals surface area contributed by atoms with Gasteiger partial charge in [0.2, 0.25) is 5.91 Å². The molecule has 1 fully saturated rings. The van der Waals surface area contributed by atoms with Crippen molar-refractivity contribution in [2.75, 3.05) is 40.4 Å². The molecular weight excluding hydrogens is 374 g/mol. The Kier molecular flexibility index (Phi) is 10.8. The van der Waals surface area contributed by atoms with Crippen LogP contribution in [0.3, 0.4) is 0 Å². The number of carbonyl (C=O) groups is 1. The van der Waals surface area contributed by atoms with Gasteiger partial charge < -0.3 is 15.5 Å². The quantitative estimate of drug-likeness (QED) is 0.318. The number of rotatable bonds is 5. The number of nitrogens with zero attached hydrogens (tertiary/aromatic N) is 2. The molecule has 0 aromatic rings. The minimum absolute atomic E-state index is 0. The molecule has 0 unspecified atom stereocenters. The van der Waals surface area contributed by atoms with Gasteiger partial charge in [-0.25, -0.2) is 0 Å². The summed E-state index contributed by atoms with van der Waals surface area (Å²) < 4.78 is 12.1. The summed E-state index contributed by atoms with van der Waals surface area (Å²) in [6, 6.07) is 0. The zero-order chi connectivity index (χ0) is 14.1. The van der Waals surface area contributed by atoms with E-state index in [4.69, 9.17) is 0 Å². The summed E-state index contributed by atoms with van der Waals surface area (Å²) in [4.78, 5) is 17.7. The molecule has 0 aromatic heterocycles. The molecule has 0 aliphatic carbocycles. The fourth-order valence-corrected chi connectivity index (χ4v) is 2.31. The van der Waals surface area contributed by atoms with Crippen molar-refractivity contribution in [3.63, 3.8) is 0 Å². The number of alkyl halides is 1. The molecule has 0 bridgehead atoms. The summed E-state index contributed by atoms with van der Waals surface area (Å²) in [6.45, 7) is 2.10. The molecule has 0 saturated carbocycles. The zero-order valence-electron chi connectivity index (χ0n) is 12.3. The number of piperidine rings is 1. The van der Waals surface area contributed by atoms with Crippen molar-refractivity contribution >= 4 is 35.8 Å². The molecule has 1 heterocycles. The summed E-state index contributed by atoms with van der Waals surface area (Å²) in [7, 11) is 3.42. The van der Waals surface area contributed by atoms with Crippen molar-refractivity contribution in [2.24, 2.45) is 10.9 Å². The van der Waals surface area contributed by atoms with Crippen molar-refractivity contribution in [2.45, 2.75) is 25.7 Å². The lowest BCUT2D eigenvalue weighted by Crippen LogP contribution is -2.46. The monoisotopic (exact) mass is 400 g/mol. The lowest BCUT2D eigenvalue weighted by molar-refractivity contribution is -0.121. The highest BCUT2D eigenvalue weighted by Crippen LogP contribution is 2.20. The van der Waals surface area contributed by atoms with E-state index in [9.17, 15) is 9.18 Å². The number of aliphatic imine (C=N–C) groups is 1. The minimum Gasteiger partial charge on any atom is -0.359 e. The third-order valence-corrected chi connectivity index (χ3v) is 3.47. The van der Waals surface area contributed by atoms with Crippen LogP contribution in [0.5, 0.6) is 0 Å². The third kappa shape index (κ3) is 6.71. The van der Waals surface area contributed by atoms with E-state index in [0.717, 1.165) is 31.9 Å². The van der Waals surface area contributed by atoms with Gasteiger partial charge in [0.25, 0.3) is 0 Å². The number of nitrogens with one attached hydrogen (secondary N) is 2. The van der Waals surface area contributed by atoms with Crippen LogP contribution in [-0.4, -0.2) is 57.2 Å². The Balaban J connectivity index is 0.00000361. The second-order valence-electron chi connectivity index (χ2n) is 4.82. The van der Waals surface area contributed by atoms with Gasteiger partial charge in [0.1, 0.15) is 0 Å². The van der Waals surface area contributed by atoms with E-state index in [1.165, 1.54) is 0 Å². The predicted octanol–water partition coefficient (Wildman–Crippen LogP) is 1.39. The Morgan fingerprint density at radius 2 is 2.05 bits per heavy atom. The summed E-state index contributed by atoms with van der Waals surface area (Å²) in [5.74, 6) is 1.41. The van der Waals surface area contributed by atoms with Crippen LogP contribution in [0.1, 0.15) is 25.7 Å². The fourth-order valence-electron chi connectivity index (χ4n) is 2.31. The average molecular weight is 400 g/mol. The van der Waals surface area contributed by atoms with Gasteiger partial charge in [-0.1, -0.05) is 0 Å². The molecule has 0 atom stereocenters. The van der Waals surface area contributed by atoms with E-state index < -0.39 is 0 Å². The first-order valence-corrected chi connectivity index (χ1v) is 6.93. The van der Waals surface area contributed by atoms with Gasteiger partial charge in [-0.05, 0) is 25.2 Å². The standard InChI is InChI=1S/C13H25FN4O.HI/c1-15-12(19)10-11-4-8-18(9-5-11)13(16-2)17-7-3-6-14;/h11H,3-10H2,1-2H3,(H,15,19)(H,16,17);1H. The first kappa shape index (κ1) is 19.4. The van der Waals surface area contributed by atoms with Gasteiger partial charge in [0, 0.05) is 40.2 Å². The highest BCUT2D eigenvalue weighted by atomic mass is 127. The molecular formula is C13H26FIN4O. The highest BCUT2D eigenvalue weighted by molar-refractivity contribution is 14.0. The number of hydrogen-bond acceptors (Lipinski definition) is 2. The molecule has 7 heteroatoms. The van der Waals surface area contributed by atoms with Gasteiger partial charge in [-0.3, -0.25) is 14.2 Å². The second-order valence-corrected chi connectivity index (χ2v) is 4.82. The van der Waals surface area contributed by atoms with Crippen LogP contribution in [0.4, 0.5) is 4.39 Å². The van der Waals surface area contributed by atoms with Crippen LogP contribution in [0.25, 0.3) is 0 Å². The summed E-state index contributed by atoms with van der Waals surface area (Å²) in [6.07, 6.45) is 3.11. The van der Waals surface area contributed by atoms with E-state index in [2.05, 4.69) is 20.5 Å². The van der Waals surface area contributed by atoms with Gasteiger partial charge >= 0.3 is 0 Å². The molecule has 1 amide bonds. The largest absolute Gasteiger partial charge is 0.359 e. The molecule has 2 N–H and O–H groups in total. The normalized spacial score (nSPS) is 16.6. The Morgan fingerprint density at radius 1 is 1.40 bits per heavy atom. The van der Waals surface area contributed by atoms with E-state index in [0.29, 0.717) is 25.3 Å². The topological polar surface area (TPSA) is 56.7 Å². The maximum absolute atomic E-state index is 12.1. The Morgan fingerprint density at radius 3 is 2.55 bits per heavy atom. The van der Waals surface area contributed by atoms with Crippen molar-refractivity contribution in [3.05, 3.63) is 0 Å². The van der Waals surface area contributed by atoms with Crippen LogP contribution in [0.2, 0.25) is 0 Å². The van der Waals surface area contributed by atoms with Crippen molar-refractivity contribution in [1.29, 1.82) is 0 Å². The molecule has 118 valence electrons. The van der Waals surface area contributed by atoms with Crippen LogP contribution in [0, 0.1) is 5.92 Å². The fraction of sp³-hybridized carbons (Fsp3) is 0.846. The van der Waals surface area contributed by atoms with E-state index in [1.807, 2.05) is 0 Å². The van der Waals surface area contributed by atoms with Gasteiger partial charge in [-0.15, -0.1) is 24.0 Å². The Labute approximate surface area is 137 Å². The first-order chi connectivity index (χ1) is 9.21. The number of hydrogen-bond donors (Lipinski definition) is 2. The lowest BCUT2D eigenvalue weighted by Gasteiger charge is -2.34. The molecule has 5 nitrogen and oxygen atoms in total. The summed E-state index contributed by atoms with van der Waals surface area (Å²) in [5.41, 5.74) is 0. The first-order valence-electron chi connectivity index (χ1n) is 6.93. The van der Waals surface area contributed by atoms with Crippen molar-refractivity contribution in [1.82, 2.24) is 15.5 Å². The van der Waals surface area contributed by atoms with E-state index in [1.54, 1.807) is 14.1 Å². The molecule has 1 rings (SSSR count). The SMILES string of the molecule is CN=C(NCCCF)N1CCC(CC(=O)NC)CC1.I. The Hall–Kier alpha value is -0.600. The smallest absolute Gasteiger partial charge is 0.220 e. The van der Waals surface area contributed by atoms with Crippen LogP contribution < -0.4 is 10.6 Å². The molecule has 1 saturated heterocycles. The molecule has 20 heavy (non-hydrogen) atoms. The van der Waals surface area contributed by atoms with Gasteiger partial charge in [0.15, 0.2) is 5.96 Å². The molecule has 0 spiro atoms. The number of halogens is 2. The van der Waals surface area contributed by atoms with Crippen LogP contribution >= 0.6 is 24.0 Å². The van der Waals surface area contributed by atoms with Gasteiger partial charge in [-0.2, -0.15) is 0 Å². The minimum atomic E-state index is -0.307. The summed E-state index contributed by atoms with van der Waals surface area (Å²) >= 11 is 0. The lowest BCUT2D eigenvalue weighted by atomic mass is 9.93. The van der Waals surface area contributed by atoms with E-state index in [-0.39, 0.29) is 36.6 Å². The second kappa shape index (κ2) is 11.1. The maximum Gasteiger partial charge on any atom is 0.220 e. The third-order valence-electron chi connectivity index (χ3n) is 3.47.